The van der Waals surface area contributed by atoms with Crippen molar-refractivity contribution in [1.82, 2.24) is 9.80 Å². The van der Waals surface area contributed by atoms with E-state index in [9.17, 15) is 14.0 Å². The van der Waals surface area contributed by atoms with Crippen LogP contribution >= 0.6 is 11.3 Å². The summed E-state index contributed by atoms with van der Waals surface area (Å²) in [4.78, 5) is 31.4. The van der Waals surface area contributed by atoms with E-state index in [1.807, 2.05) is 25.7 Å². The molecular formula is C26H27FN2O2S. The second-order valence-corrected chi connectivity index (χ2v) is 9.49. The number of aryl methyl sites for hydroxylation is 1. The first-order chi connectivity index (χ1) is 15.3. The highest BCUT2D eigenvalue weighted by atomic mass is 32.1. The topological polar surface area (TPSA) is 40.6 Å². The summed E-state index contributed by atoms with van der Waals surface area (Å²) in [5.41, 5.74) is 3.64. The van der Waals surface area contributed by atoms with Gasteiger partial charge in [0.15, 0.2) is 0 Å². The molecule has 2 heterocycles. The van der Waals surface area contributed by atoms with E-state index < -0.39 is 5.82 Å². The van der Waals surface area contributed by atoms with Crippen molar-refractivity contribution >= 4 is 23.2 Å². The first-order valence-electron chi connectivity index (χ1n) is 10.8. The van der Waals surface area contributed by atoms with Gasteiger partial charge in [0.1, 0.15) is 12.4 Å². The van der Waals surface area contributed by atoms with Gasteiger partial charge in [-0.05, 0) is 68.0 Å². The zero-order chi connectivity index (χ0) is 22.8. The van der Waals surface area contributed by atoms with Crippen molar-refractivity contribution in [1.29, 1.82) is 0 Å². The molecule has 0 fully saturated rings. The Bertz CT molecular complexity index is 1120. The van der Waals surface area contributed by atoms with Gasteiger partial charge in [-0.15, -0.1) is 11.3 Å². The maximum atomic E-state index is 13.7. The number of benzene rings is 2. The van der Waals surface area contributed by atoms with E-state index in [0.29, 0.717) is 6.54 Å². The van der Waals surface area contributed by atoms with E-state index >= 15 is 0 Å². The lowest BCUT2D eigenvalue weighted by atomic mass is 9.92. The molecule has 2 aromatic carbocycles. The van der Waals surface area contributed by atoms with Crippen LogP contribution in [0.2, 0.25) is 0 Å². The molecule has 1 atom stereocenters. The summed E-state index contributed by atoms with van der Waals surface area (Å²) < 4.78 is 13.7. The highest BCUT2D eigenvalue weighted by Crippen LogP contribution is 2.38. The molecule has 6 heteroatoms. The standard InChI is InChI=1S/C26H27FN2O2S/c1-17(2)29(26(31)20-5-4-6-21(27)15-20)16-24(30)28-13-11-23-22(12-14-32-23)25(28)19-9-7-18(3)8-10-19/h4-10,12,14-15,17,25H,11,13,16H2,1-3H3. The Morgan fingerprint density at radius 1 is 1.16 bits per heavy atom. The third kappa shape index (κ3) is 4.46. The fourth-order valence-electron chi connectivity index (χ4n) is 4.21. The summed E-state index contributed by atoms with van der Waals surface area (Å²) in [6.45, 7) is 6.34. The molecule has 0 N–H and O–H groups in total. The Morgan fingerprint density at radius 3 is 2.59 bits per heavy atom. The minimum atomic E-state index is -0.466. The van der Waals surface area contributed by atoms with Crippen LogP contribution < -0.4 is 0 Å². The summed E-state index contributed by atoms with van der Waals surface area (Å²) >= 11 is 1.72. The number of rotatable bonds is 5. The number of amides is 2. The van der Waals surface area contributed by atoms with Crippen LogP contribution in [-0.2, 0) is 11.2 Å². The molecule has 0 spiro atoms. The molecule has 1 aliphatic heterocycles. The van der Waals surface area contributed by atoms with Gasteiger partial charge in [0.2, 0.25) is 5.91 Å². The molecule has 0 saturated carbocycles. The maximum Gasteiger partial charge on any atom is 0.254 e. The first-order valence-corrected chi connectivity index (χ1v) is 11.7. The van der Waals surface area contributed by atoms with E-state index in [2.05, 4.69) is 35.7 Å². The van der Waals surface area contributed by atoms with Gasteiger partial charge in [-0.1, -0.05) is 35.9 Å². The number of halogens is 1. The van der Waals surface area contributed by atoms with Crippen molar-refractivity contribution < 1.29 is 14.0 Å². The SMILES string of the molecule is Cc1ccc(C2c3ccsc3CCN2C(=O)CN(C(=O)c2cccc(F)c2)C(C)C)cc1. The Labute approximate surface area is 192 Å². The molecule has 0 saturated heterocycles. The lowest BCUT2D eigenvalue weighted by Gasteiger charge is -2.38. The van der Waals surface area contributed by atoms with E-state index in [1.165, 1.54) is 33.5 Å². The second-order valence-electron chi connectivity index (χ2n) is 8.49. The van der Waals surface area contributed by atoms with Crippen LogP contribution in [0.15, 0.2) is 60.0 Å². The number of carbonyl (C=O) groups is 2. The van der Waals surface area contributed by atoms with Gasteiger partial charge in [-0.2, -0.15) is 0 Å². The zero-order valence-electron chi connectivity index (χ0n) is 18.5. The lowest BCUT2D eigenvalue weighted by molar-refractivity contribution is -0.134. The molecule has 1 aliphatic rings. The van der Waals surface area contributed by atoms with Crippen LogP contribution in [0.4, 0.5) is 4.39 Å². The molecule has 4 rings (SSSR count). The molecule has 4 nitrogen and oxygen atoms in total. The lowest BCUT2D eigenvalue weighted by Crippen LogP contribution is -2.48. The van der Waals surface area contributed by atoms with Gasteiger partial charge >= 0.3 is 0 Å². The largest absolute Gasteiger partial charge is 0.330 e. The van der Waals surface area contributed by atoms with Crippen LogP contribution in [-0.4, -0.2) is 40.7 Å². The fraction of sp³-hybridized carbons (Fsp3) is 0.308. The van der Waals surface area contributed by atoms with Crippen LogP contribution in [0, 0.1) is 12.7 Å². The molecule has 1 unspecified atom stereocenters. The van der Waals surface area contributed by atoms with Gasteiger partial charge in [0.05, 0.1) is 6.04 Å². The number of carbonyl (C=O) groups excluding carboxylic acids is 2. The molecule has 166 valence electrons. The third-order valence-electron chi connectivity index (χ3n) is 5.94. The molecule has 0 bridgehead atoms. The average Bonchev–Trinajstić information content (AvgIpc) is 3.25. The van der Waals surface area contributed by atoms with Gasteiger partial charge in [-0.3, -0.25) is 9.59 Å². The van der Waals surface area contributed by atoms with Crippen LogP contribution in [0.1, 0.15) is 51.8 Å². The summed E-state index contributed by atoms with van der Waals surface area (Å²) in [6.07, 6.45) is 0.806. The summed E-state index contributed by atoms with van der Waals surface area (Å²) in [5.74, 6) is -0.912. The number of fused-ring (bicyclic) bond motifs is 1. The monoisotopic (exact) mass is 450 g/mol. The number of nitrogens with zero attached hydrogens (tertiary/aromatic N) is 2. The van der Waals surface area contributed by atoms with Crippen molar-refractivity contribution in [3.8, 4) is 0 Å². The van der Waals surface area contributed by atoms with E-state index in [1.54, 1.807) is 17.4 Å². The highest BCUT2D eigenvalue weighted by Gasteiger charge is 2.34. The van der Waals surface area contributed by atoms with Crippen molar-refractivity contribution in [2.45, 2.75) is 39.3 Å². The molecule has 2 amide bonds. The van der Waals surface area contributed by atoms with Crippen LogP contribution in [0.5, 0.6) is 0 Å². The van der Waals surface area contributed by atoms with Gasteiger partial charge in [0, 0.05) is 23.0 Å². The van der Waals surface area contributed by atoms with Crippen LogP contribution in [0.25, 0.3) is 0 Å². The fourth-order valence-corrected chi connectivity index (χ4v) is 5.11. The molecule has 1 aromatic heterocycles. The van der Waals surface area contributed by atoms with E-state index in [4.69, 9.17) is 0 Å². The average molecular weight is 451 g/mol. The molecular weight excluding hydrogens is 423 g/mol. The number of thiophene rings is 1. The van der Waals surface area contributed by atoms with Crippen LogP contribution in [0.3, 0.4) is 0 Å². The van der Waals surface area contributed by atoms with Gasteiger partial charge in [0.25, 0.3) is 5.91 Å². The van der Waals surface area contributed by atoms with Gasteiger partial charge < -0.3 is 9.80 Å². The normalized spacial score (nSPS) is 15.5. The van der Waals surface area contributed by atoms with E-state index in [0.717, 1.165) is 17.5 Å². The predicted octanol–water partition coefficient (Wildman–Crippen LogP) is 5.22. The molecule has 0 aliphatic carbocycles. The minimum Gasteiger partial charge on any atom is -0.330 e. The smallest absolute Gasteiger partial charge is 0.254 e. The van der Waals surface area contributed by atoms with Crippen molar-refractivity contribution in [3.63, 3.8) is 0 Å². The van der Waals surface area contributed by atoms with Crippen molar-refractivity contribution in [2.75, 3.05) is 13.1 Å². The third-order valence-corrected chi connectivity index (χ3v) is 6.94. The zero-order valence-corrected chi connectivity index (χ0v) is 19.4. The second kappa shape index (κ2) is 9.25. The Balaban J connectivity index is 1.62. The minimum absolute atomic E-state index is 0.0468. The molecule has 3 aromatic rings. The Morgan fingerprint density at radius 2 is 1.91 bits per heavy atom. The predicted molar refractivity (Wildman–Crippen MR) is 125 cm³/mol. The first kappa shape index (κ1) is 22.2. The van der Waals surface area contributed by atoms with Crippen molar-refractivity contribution in [3.05, 3.63) is 92.9 Å². The van der Waals surface area contributed by atoms with Crippen molar-refractivity contribution in [2.24, 2.45) is 0 Å². The molecule has 32 heavy (non-hydrogen) atoms. The number of hydrogen-bond acceptors (Lipinski definition) is 3. The quantitative estimate of drug-likeness (QED) is 0.535. The molecule has 0 radical (unpaired) electrons. The maximum absolute atomic E-state index is 13.7. The number of hydrogen-bond donors (Lipinski definition) is 0. The van der Waals surface area contributed by atoms with Gasteiger partial charge in [-0.25, -0.2) is 4.39 Å². The summed E-state index contributed by atoms with van der Waals surface area (Å²) in [5, 5.41) is 2.08. The highest BCUT2D eigenvalue weighted by molar-refractivity contribution is 7.10. The Hall–Kier alpha value is -2.99. The Kier molecular flexibility index (Phi) is 6.42. The summed E-state index contributed by atoms with van der Waals surface area (Å²) in [6, 6.07) is 15.6. The summed E-state index contributed by atoms with van der Waals surface area (Å²) in [7, 11) is 0. The van der Waals surface area contributed by atoms with E-state index in [-0.39, 0.29) is 36.0 Å².